The summed E-state index contributed by atoms with van der Waals surface area (Å²) in [7, 11) is 0. The van der Waals surface area contributed by atoms with Gasteiger partial charge in [0.1, 0.15) is 5.84 Å². The van der Waals surface area contributed by atoms with E-state index in [1.807, 2.05) is 31.2 Å². The number of hydrogen-bond donors (Lipinski definition) is 2. The second kappa shape index (κ2) is 6.27. The Balaban J connectivity index is 2.68. The van der Waals surface area contributed by atoms with Gasteiger partial charge in [-0.2, -0.15) is 5.26 Å². The molecule has 1 aromatic carbocycles. The molecule has 0 aromatic heterocycles. The minimum Gasteiger partial charge on any atom is -0.404 e. The number of rotatable bonds is 3. The van der Waals surface area contributed by atoms with Gasteiger partial charge in [-0.15, -0.1) is 0 Å². The van der Waals surface area contributed by atoms with E-state index in [0.717, 1.165) is 29.7 Å². The average molecular weight is 280 g/mol. The molecule has 1 aliphatic heterocycles. The zero-order valence-electron chi connectivity index (χ0n) is 12.4. The summed E-state index contributed by atoms with van der Waals surface area (Å²) in [6.45, 7) is 4.09. The van der Waals surface area contributed by atoms with Crippen molar-refractivity contribution in [2.24, 2.45) is 16.5 Å². The summed E-state index contributed by atoms with van der Waals surface area (Å²) in [6, 6.07) is 10.3. The highest BCUT2D eigenvalue weighted by atomic mass is 14.9. The fourth-order valence-corrected chi connectivity index (χ4v) is 2.71. The number of nitriles is 1. The molecular formula is C17H20N4. The third-order valence-corrected chi connectivity index (χ3v) is 3.75. The molecule has 0 saturated heterocycles. The van der Waals surface area contributed by atoms with Crippen molar-refractivity contribution in [2.45, 2.75) is 32.6 Å². The number of allylic oxidation sites excluding steroid dienone is 2. The monoisotopic (exact) mass is 280 g/mol. The summed E-state index contributed by atoms with van der Waals surface area (Å²) in [5, 5.41) is 9.62. The highest BCUT2D eigenvalue weighted by Gasteiger charge is 2.30. The quantitative estimate of drug-likeness (QED) is 0.892. The van der Waals surface area contributed by atoms with Crippen molar-refractivity contribution in [3.63, 3.8) is 0 Å². The topological polar surface area (TPSA) is 88.2 Å². The van der Waals surface area contributed by atoms with Gasteiger partial charge in [0.15, 0.2) is 0 Å². The van der Waals surface area contributed by atoms with Crippen LogP contribution in [-0.4, -0.2) is 5.84 Å². The molecule has 21 heavy (non-hydrogen) atoms. The molecule has 0 radical (unpaired) electrons. The predicted octanol–water partition coefficient (Wildman–Crippen LogP) is 2.87. The van der Waals surface area contributed by atoms with E-state index in [1.54, 1.807) is 0 Å². The van der Waals surface area contributed by atoms with E-state index in [0.29, 0.717) is 17.0 Å². The summed E-state index contributed by atoms with van der Waals surface area (Å²) in [5.41, 5.74) is 16.1. The van der Waals surface area contributed by atoms with Crippen molar-refractivity contribution in [1.82, 2.24) is 0 Å². The first kappa shape index (κ1) is 14.9. The maximum absolute atomic E-state index is 9.62. The van der Waals surface area contributed by atoms with Gasteiger partial charge in [-0.25, -0.2) is 4.99 Å². The van der Waals surface area contributed by atoms with Crippen molar-refractivity contribution < 1.29 is 0 Å². The molecule has 1 heterocycles. The molecule has 0 aliphatic carbocycles. The van der Waals surface area contributed by atoms with Gasteiger partial charge in [0.05, 0.1) is 23.3 Å². The summed E-state index contributed by atoms with van der Waals surface area (Å²) in [4.78, 5) is 4.39. The van der Waals surface area contributed by atoms with Crippen LogP contribution < -0.4 is 11.5 Å². The Hall–Kier alpha value is -2.54. The number of nitrogens with zero attached hydrogens (tertiary/aromatic N) is 2. The molecular weight excluding hydrogens is 260 g/mol. The smallest absolute Gasteiger partial charge is 0.129 e. The molecule has 1 atom stereocenters. The van der Waals surface area contributed by atoms with Crippen molar-refractivity contribution in [2.75, 3.05) is 0 Å². The summed E-state index contributed by atoms with van der Waals surface area (Å²) in [5.74, 6) is 0.188. The summed E-state index contributed by atoms with van der Waals surface area (Å²) < 4.78 is 0. The van der Waals surface area contributed by atoms with Crippen LogP contribution in [0.5, 0.6) is 0 Å². The zero-order valence-corrected chi connectivity index (χ0v) is 12.4. The molecule has 1 unspecified atom stereocenters. The van der Waals surface area contributed by atoms with Gasteiger partial charge in [0.2, 0.25) is 0 Å². The molecule has 1 aromatic rings. The molecule has 1 aliphatic rings. The van der Waals surface area contributed by atoms with E-state index in [9.17, 15) is 5.26 Å². The van der Waals surface area contributed by atoms with E-state index >= 15 is 0 Å². The van der Waals surface area contributed by atoms with Crippen molar-refractivity contribution in [1.29, 1.82) is 5.26 Å². The standard InChI is InChI=1S/C17H20N4/c1-3-6-15-13(9-18)16(14(10-19)17(20)21-15)12-8-5-4-7-11(12)2/h4-5,7-8,10,16H,3,6,19H2,1-2H3,(H2,20,21)/b14-10-. The number of benzene rings is 1. The lowest BCUT2D eigenvalue weighted by Crippen LogP contribution is -2.27. The Morgan fingerprint density at radius 3 is 2.67 bits per heavy atom. The van der Waals surface area contributed by atoms with E-state index in [1.165, 1.54) is 6.20 Å². The number of amidine groups is 1. The molecule has 0 spiro atoms. The van der Waals surface area contributed by atoms with Gasteiger partial charge in [0.25, 0.3) is 0 Å². The molecule has 0 amide bonds. The van der Waals surface area contributed by atoms with Crippen LogP contribution in [0, 0.1) is 18.3 Å². The minimum absolute atomic E-state index is 0.222. The van der Waals surface area contributed by atoms with E-state index in [2.05, 4.69) is 18.0 Å². The molecule has 108 valence electrons. The highest BCUT2D eigenvalue weighted by molar-refractivity contribution is 6.01. The predicted molar refractivity (Wildman–Crippen MR) is 85.4 cm³/mol. The minimum atomic E-state index is -0.222. The Labute approximate surface area is 125 Å². The van der Waals surface area contributed by atoms with Gasteiger partial charge >= 0.3 is 0 Å². The Morgan fingerprint density at radius 1 is 1.38 bits per heavy atom. The van der Waals surface area contributed by atoms with Gasteiger partial charge in [-0.05, 0) is 24.5 Å². The largest absolute Gasteiger partial charge is 0.404 e. The van der Waals surface area contributed by atoms with Crippen LogP contribution >= 0.6 is 0 Å². The van der Waals surface area contributed by atoms with E-state index in [-0.39, 0.29) is 5.92 Å². The van der Waals surface area contributed by atoms with Gasteiger partial charge in [-0.3, -0.25) is 0 Å². The van der Waals surface area contributed by atoms with Gasteiger partial charge < -0.3 is 11.5 Å². The Kier molecular flexibility index (Phi) is 4.44. The van der Waals surface area contributed by atoms with Crippen LogP contribution in [0.3, 0.4) is 0 Å². The lowest BCUT2D eigenvalue weighted by atomic mass is 9.80. The van der Waals surface area contributed by atoms with Crippen LogP contribution in [0.2, 0.25) is 0 Å². The highest BCUT2D eigenvalue weighted by Crippen LogP contribution is 2.39. The fraction of sp³-hybridized carbons (Fsp3) is 0.294. The normalized spacial score (nSPS) is 20.3. The van der Waals surface area contributed by atoms with Gasteiger partial charge in [0, 0.05) is 11.8 Å². The molecule has 2 rings (SSSR count). The van der Waals surface area contributed by atoms with Gasteiger partial charge in [-0.1, -0.05) is 37.6 Å². The number of aryl methyl sites for hydroxylation is 1. The lowest BCUT2D eigenvalue weighted by molar-refractivity contribution is 0.834. The molecule has 4 N–H and O–H groups in total. The summed E-state index contributed by atoms with van der Waals surface area (Å²) >= 11 is 0. The Morgan fingerprint density at radius 2 is 2.10 bits per heavy atom. The van der Waals surface area contributed by atoms with Crippen LogP contribution in [0.1, 0.15) is 36.8 Å². The average Bonchev–Trinajstić information content (AvgIpc) is 2.47. The number of aliphatic imine (C=N–C) groups is 1. The van der Waals surface area contributed by atoms with Crippen molar-refractivity contribution >= 4 is 5.84 Å². The molecule has 0 fully saturated rings. The van der Waals surface area contributed by atoms with Crippen molar-refractivity contribution in [3.8, 4) is 6.07 Å². The number of hydrogen-bond acceptors (Lipinski definition) is 4. The van der Waals surface area contributed by atoms with E-state index < -0.39 is 0 Å². The second-order valence-electron chi connectivity index (χ2n) is 5.13. The fourth-order valence-electron chi connectivity index (χ4n) is 2.71. The maximum atomic E-state index is 9.62. The molecule has 0 saturated carbocycles. The first-order valence-corrected chi connectivity index (χ1v) is 7.09. The summed E-state index contributed by atoms with van der Waals surface area (Å²) in [6.07, 6.45) is 3.12. The lowest BCUT2D eigenvalue weighted by Gasteiger charge is -2.26. The SMILES string of the molecule is CCCC1=C(C#N)C(c2ccccc2C)/C(=C/N)C(N)=N1. The maximum Gasteiger partial charge on any atom is 0.129 e. The molecule has 0 bridgehead atoms. The number of nitrogens with two attached hydrogens (primary N) is 2. The first-order chi connectivity index (χ1) is 10.1. The molecule has 4 heteroatoms. The molecule has 4 nitrogen and oxygen atoms in total. The van der Waals surface area contributed by atoms with E-state index in [4.69, 9.17) is 11.5 Å². The van der Waals surface area contributed by atoms with Crippen LogP contribution in [0.25, 0.3) is 0 Å². The third-order valence-electron chi connectivity index (χ3n) is 3.75. The zero-order chi connectivity index (χ0) is 15.4. The third kappa shape index (κ3) is 2.68. The van der Waals surface area contributed by atoms with Crippen LogP contribution in [0.15, 0.2) is 52.3 Å². The first-order valence-electron chi connectivity index (χ1n) is 7.09. The van der Waals surface area contributed by atoms with Crippen molar-refractivity contribution in [3.05, 3.63) is 58.4 Å². The Bertz CT molecular complexity index is 674. The second-order valence-corrected chi connectivity index (χ2v) is 5.13. The van der Waals surface area contributed by atoms with Crippen LogP contribution in [-0.2, 0) is 0 Å². The van der Waals surface area contributed by atoms with Crippen LogP contribution in [0.4, 0.5) is 0 Å².